The summed E-state index contributed by atoms with van der Waals surface area (Å²) in [5, 5.41) is 12.6. The minimum Gasteiger partial charge on any atom is -0.307 e. The molecule has 1 saturated heterocycles. The van der Waals surface area contributed by atoms with Crippen molar-refractivity contribution in [2.24, 2.45) is 5.92 Å². The second-order valence-electron chi connectivity index (χ2n) is 6.21. The van der Waals surface area contributed by atoms with E-state index < -0.39 is 0 Å². The van der Waals surface area contributed by atoms with Crippen LogP contribution in [0.4, 0.5) is 0 Å². The molecule has 0 radical (unpaired) electrons. The summed E-state index contributed by atoms with van der Waals surface area (Å²) in [5.41, 5.74) is 1.98. The molecule has 114 valence electrons. The Morgan fingerprint density at radius 2 is 2.05 bits per heavy atom. The molecule has 21 heavy (non-hydrogen) atoms. The summed E-state index contributed by atoms with van der Waals surface area (Å²) in [6.07, 6.45) is 2.64. The number of hydrogen-bond acceptors (Lipinski definition) is 3. The van der Waals surface area contributed by atoms with Gasteiger partial charge in [-0.05, 0) is 63.4 Å². The molecule has 3 unspecified atom stereocenters. The van der Waals surface area contributed by atoms with Gasteiger partial charge in [-0.1, -0.05) is 19.1 Å². The molecule has 0 aromatic heterocycles. The summed E-state index contributed by atoms with van der Waals surface area (Å²) in [6, 6.07) is 10.9. The van der Waals surface area contributed by atoms with Crippen LogP contribution in [-0.2, 0) is 0 Å². The third kappa shape index (κ3) is 4.30. The first kappa shape index (κ1) is 16.0. The average Bonchev–Trinajstić information content (AvgIpc) is 2.54. The maximum absolute atomic E-state index is 8.86. The van der Waals surface area contributed by atoms with E-state index in [9.17, 15) is 0 Å². The molecule has 0 amide bonds. The van der Waals surface area contributed by atoms with Crippen LogP contribution in [0.5, 0.6) is 0 Å². The number of likely N-dealkylation sites (tertiary alicyclic amines) is 1. The van der Waals surface area contributed by atoms with Crippen LogP contribution in [0.25, 0.3) is 0 Å². The second-order valence-corrected chi connectivity index (χ2v) is 6.21. The molecule has 1 aliphatic heterocycles. The van der Waals surface area contributed by atoms with E-state index in [0.29, 0.717) is 12.1 Å². The van der Waals surface area contributed by atoms with Crippen LogP contribution < -0.4 is 5.32 Å². The first-order valence-corrected chi connectivity index (χ1v) is 8.12. The Morgan fingerprint density at radius 1 is 1.33 bits per heavy atom. The quantitative estimate of drug-likeness (QED) is 0.902. The maximum Gasteiger partial charge on any atom is 0.0991 e. The van der Waals surface area contributed by atoms with Crippen LogP contribution in [0.3, 0.4) is 0 Å². The number of rotatable bonds is 5. The van der Waals surface area contributed by atoms with E-state index in [2.05, 4.69) is 49.2 Å². The monoisotopic (exact) mass is 285 g/mol. The smallest absolute Gasteiger partial charge is 0.0991 e. The predicted molar refractivity (Wildman–Crippen MR) is 87.0 cm³/mol. The molecule has 1 aromatic rings. The van der Waals surface area contributed by atoms with Gasteiger partial charge in [-0.15, -0.1) is 0 Å². The van der Waals surface area contributed by atoms with Gasteiger partial charge in [0.1, 0.15) is 0 Å². The van der Waals surface area contributed by atoms with Crippen molar-refractivity contribution in [3.63, 3.8) is 0 Å². The van der Waals surface area contributed by atoms with Crippen molar-refractivity contribution in [3.05, 3.63) is 35.4 Å². The molecule has 0 saturated carbocycles. The van der Waals surface area contributed by atoms with Gasteiger partial charge in [0.05, 0.1) is 11.6 Å². The van der Waals surface area contributed by atoms with Gasteiger partial charge >= 0.3 is 0 Å². The lowest BCUT2D eigenvalue weighted by molar-refractivity contribution is 0.153. The standard InChI is InChI=1S/C18H27N3/c1-4-21-11-5-6-18(13-21)15(3)20-14(2)17-9-7-16(12-19)8-10-17/h7-10,14-15,18,20H,4-6,11,13H2,1-3H3. The van der Waals surface area contributed by atoms with Crippen LogP contribution >= 0.6 is 0 Å². The number of hydrogen-bond donors (Lipinski definition) is 1. The molecule has 3 heteroatoms. The lowest BCUT2D eigenvalue weighted by atomic mass is 9.90. The van der Waals surface area contributed by atoms with Crippen molar-refractivity contribution < 1.29 is 0 Å². The van der Waals surface area contributed by atoms with E-state index in [1.807, 2.05) is 12.1 Å². The van der Waals surface area contributed by atoms with E-state index in [4.69, 9.17) is 5.26 Å². The molecule has 3 atom stereocenters. The summed E-state index contributed by atoms with van der Waals surface area (Å²) in [6.45, 7) is 10.4. The van der Waals surface area contributed by atoms with Crippen molar-refractivity contribution >= 4 is 0 Å². The SMILES string of the molecule is CCN1CCCC(C(C)NC(C)c2ccc(C#N)cc2)C1. The zero-order chi connectivity index (χ0) is 15.2. The molecule has 1 aliphatic rings. The first-order valence-electron chi connectivity index (χ1n) is 8.12. The fourth-order valence-electron chi connectivity index (χ4n) is 3.26. The third-order valence-electron chi connectivity index (χ3n) is 4.75. The van der Waals surface area contributed by atoms with E-state index >= 15 is 0 Å². The highest BCUT2D eigenvalue weighted by Gasteiger charge is 2.24. The Kier molecular flexibility index (Phi) is 5.78. The Bertz CT molecular complexity index is 474. The highest BCUT2D eigenvalue weighted by atomic mass is 15.1. The van der Waals surface area contributed by atoms with Crippen molar-refractivity contribution in [2.45, 2.75) is 45.7 Å². The molecular weight excluding hydrogens is 258 g/mol. The number of piperidine rings is 1. The van der Waals surface area contributed by atoms with Crippen molar-refractivity contribution in [1.29, 1.82) is 5.26 Å². The van der Waals surface area contributed by atoms with E-state index in [0.717, 1.165) is 18.0 Å². The number of nitriles is 1. The van der Waals surface area contributed by atoms with E-state index in [-0.39, 0.29) is 0 Å². The summed E-state index contributed by atoms with van der Waals surface area (Å²) in [4.78, 5) is 2.55. The minimum atomic E-state index is 0.324. The van der Waals surface area contributed by atoms with Crippen molar-refractivity contribution in [1.82, 2.24) is 10.2 Å². The molecule has 1 N–H and O–H groups in total. The highest BCUT2D eigenvalue weighted by molar-refractivity contribution is 5.32. The molecular formula is C18H27N3. The number of benzene rings is 1. The fourth-order valence-corrected chi connectivity index (χ4v) is 3.26. The van der Waals surface area contributed by atoms with Gasteiger partial charge in [-0.25, -0.2) is 0 Å². The minimum absolute atomic E-state index is 0.324. The summed E-state index contributed by atoms with van der Waals surface area (Å²) < 4.78 is 0. The largest absolute Gasteiger partial charge is 0.307 e. The zero-order valence-electron chi connectivity index (χ0n) is 13.5. The second kappa shape index (κ2) is 7.59. The molecule has 1 heterocycles. The van der Waals surface area contributed by atoms with Crippen LogP contribution in [0.2, 0.25) is 0 Å². The van der Waals surface area contributed by atoms with Crippen LogP contribution in [-0.4, -0.2) is 30.6 Å². The van der Waals surface area contributed by atoms with Crippen molar-refractivity contribution in [3.8, 4) is 6.07 Å². The molecule has 3 nitrogen and oxygen atoms in total. The van der Waals surface area contributed by atoms with Crippen LogP contribution in [0.1, 0.15) is 50.8 Å². The van der Waals surface area contributed by atoms with Gasteiger partial charge in [-0.2, -0.15) is 5.26 Å². The van der Waals surface area contributed by atoms with E-state index in [1.54, 1.807) is 0 Å². The molecule has 0 spiro atoms. The molecule has 1 fully saturated rings. The van der Waals surface area contributed by atoms with Gasteiger partial charge in [0.2, 0.25) is 0 Å². The molecule has 0 bridgehead atoms. The average molecular weight is 285 g/mol. The topological polar surface area (TPSA) is 39.1 Å². The normalized spacial score (nSPS) is 22.5. The fraction of sp³-hybridized carbons (Fsp3) is 0.611. The number of nitrogens with zero attached hydrogens (tertiary/aromatic N) is 2. The maximum atomic E-state index is 8.86. The highest BCUT2D eigenvalue weighted by Crippen LogP contribution is 2.22. The van der Waals surface area contributed by atoms with Gasteiger partial charge in [0, 0.05) is 18.6 Å². The Labute approximate surface area is 129 Å². The van der Waals surface area contributed by atoms with Gasteiger partial charge in [0.25, 0.3) is 0 Å². The lowest BCUT2D eigenvalue weighted by Gasteiger charge is -2.36. The summed E-state index contributed by atoms with van der Waals surface area (Å²) in [5.74, 6) is 0.736. The molecule has 1 aromatic carbocycles. The molecule has 0 aliphatic carbocycles. The van der Waals surface area contributed by atoms with Gasteiger partial charge in [-0.3, -0.25) is 0 Å². The van der Waals surface area contributed by atoms with Crippen LogP contribution in [0.15, 0.2) is 24.3 Å². The van der Waals surface area contributed by atoms with E-state index in [1.165, 1.54) is 31.5 Å². The van der Waals surface area contributed by atoms with Crippen LogP contribution in [0, 0.1) is 17.2 Å². The van der Waals surface area contributed by atoms with Gasteiger partial charge < -0.3 is 10.2 Å². The Balaban J connectivity index is 1.91. The van der Waals surface area contributed by atoms with Gasteiger partial charge in [0.15, 0.2) is 0 Å². The first-order chi connectivity index (χ1) is 10.1. The van der Waals surface area contributed by atoms with Crippen molar-refractivity contribution in [2.75, 3.05) is 19.6 Å². The number of nitrogens with one attached hydrogen (secondary N) is 1. The molecule has 2 rings (SSSR count). The zero-order valence-corrected chi connectivity index (χ0v) is 13.5. The summed E-state index contributed by atoms with van der Waals surface area (Å²) >= 11 is 0. The third-order valence-corrected chi connectivity index (χ3v) is 4.75. The summed E-state index contributed by atoms with van der Waals surface area (Å²) in [7, 11) is 0. The lowest BCUT2D eigenvalue weighted by Crippen LogP contribution is -2.44. The Morgan fingerprint density at radius 3 is 2.67 bits per heavy atom. The predicted octanol–water partition coefficient (Wildman–Crippen LogP) is 3.33. The Hall–Kier alpha value is -1.37.